The number of halogens is 1. The molecule has 0 fully saturated rings. The number of fused-ring (bicyclic) bond motifs is 2. The number of rotatable bonds is 4. The molecule has 5 aromatic rings. The van der Waals surface area contributed by atoms with Crippen molar-refractivity contribution in [1.29, 1.82) is 0 Å². The molecule has 0 aliphatic carbocycles. The molecule has 0 saturated carbocycles. The third-order valence-electron chi connectivity index (χ3n) is 8.21. The monoisotopic (exact) mass is 638 g/mol. The third-order valence-corrected chi connectivity index (χ3v) is 15.1. The first kappa shape index (κ1) is 24.2. The van der Waals surface area contributed by atoms with Crippen molar-refractivity contribution >= 4 is 94.1 Å². The molecule has 2 aliphatic heterocycles. The van der Waals surface area contributed by atoms with Crippen molar-refractivity contribution in [2.24, 2.45) is 0 Å². The minimum atomic E-state index is -2.57. The molecule has 38 heavy (non-hydrogen) atoms. The van der Waals surface area contributed by atoms with E-state index in [1.165, 1.54) is 0 Å². The van der Waals surface area contributed by atoms with Gasteiger partial charge in [0.25, 0.3) is 0 Å². The van der Waals surface area contributed by atoms with Gasteiger partial charge in [-0.25, -0.2) is 0 Å². The third kappa shape index (κ3) is 2.78. The Labute approximate surface area is 232 Å². The summed E-state index contributed by atoms with van der Waals surface area (Å²) < 4.78 is 6.97. The number of nitrogens with one attached hydrogen (secondary N) is 1. The number of imide groups is 1. The number of hydroxylamine groups is 2. The van der Waals surface area contributed by atoms with Crippen LogP contribution in [0, 0.1) is 0 Å². The summed E-state index contributed by atoms with van der Waals surface area (Å²) in [5.74, 6) is -0.803. The predicted octanol–water partition coefficient (Wildman–Crippen LogP) is 6.17. The molecule has 0 aromatic heterocycles. The number of amides is 3. The molecule has 192 valence electrons. The van der Waals surface area contributed by atoms with Crippen LogP contribution in [0.15, 0.2) is 48.5 Å². The van der Waals surface area contributed by atoms with Crippen LogP contribution < -0.4 is 5.32 Å². The zero-order valence-electron chi connectivity index (χ0n) is 21.3. The van der Waals surface area contributed by atoms with Crippen LogP contribution in [-0.2, 0) is 10.8 Å². The van der Waals surface area contributed by atoms with Gasteiger partial charge in [-0.15, -0.1) is 0 Å². The Balaban J connectivity index is 1.60. The molecule has 7 rings (SSSR count). The molecule has 0 saturated heterocycles. The number of hydrogen-bond donors (Lipinski definition) is 2. The number of alkyl halides is 1. The summed E-state index contributed by atoms with van der Waals surface area (Å²) in [4.78, 5) is 43.1. The van der Waals surface area contributed by atoms with E-state index in [2.05, 4.69) is 33.5 Å². The quantitative estimate of drug-likeness (QED) is 0.0360. The average Bonchev–Trinajstić information content (AvgIpc) is 2.93. The van der Waals surface area contributed by atoms with Crippen LogP contribution in [0.5, 0.6) is 0 Å². The summed E-state index contributed by atoms with van der Waals surface area (Å²) in [6.45, 7) is 4.57. The van der Waals surface area contributed by atoms with Crippen molar-refractivity contribution < 1.29 is 21.5 Å². The number of carbonyl (C=O) groups excluding carboxylic acids is 3. The number of hydrogen-bond acceptors (Lipinski definition) is 6. The van der Waals surface area contributed by atoms with Gasteiger partial charge in [-0.1, -0.05) is 0 Å². The standard InChI is InChI=1S/C29H24IN3O4S/c1-14(2)32(4)30(3)33(37-38)28(35)21-11-8-18-16-6-5-15-13-31-27(34)20-10-7-17(24(16)23(15)20)19-9-12-22(29(33)36)26(21)25(18)19/h5-12,14H,13H2,1-4H3,(H-,31,34,38)/p+1. The molecule has 9 heteroatoms. The Kier molecular flexibility index (Phi) is 5.16. The summed E-state index contributed by atoms with van der Waals surface area (Å²) in [6.07, 6.45) is 0. The number of benzene rings is 5. The summed E-state index contributed by atoms with van der Waals surface area (Å²) in [5.41, 5.74) is 2.71. The fourth-order valence-corrected chi connectivity index (χ4v) is 11.5. The van der Waals surface area contributed by atoms with Crippen LogP contribution in [0.25, 0.3) is 43.1 Å². The van der Waals surface area contributed by atoms with Gasteiger partial charge in [0.2, 0.25) is 0 Å². The van der Waals surface area contributed by atoms with E-state index in [4.69, 9.17) is 4.28 Å². The van der Waals surface area contributed by atoms with Gasteiger partial charge >= 0.3 is 233 Å². The van der Waals surface area contributed by atoms with Gasteiger partial charge in [-0.2, -0.15) is 0 Å². The second kappa shape index (κ2) is 8.09. The van der Waals surface area contributed by atoms with Crippen molar-refractivity contribution in [3.05, 3.63) is 70.8 Å². The molecule has 3 amide bonds. The van der Waals surface area contributed by atoms with Gasteiger partial charge in [0.1, 0.15) is 0 Å². The number of thiol groups is 1. The first-order chi connectivity index (χ1) is 18.2. The van der Waals surface area contributed by atoms with Gasteiger partial charge in [0, 0.05) is 0 Å². The predicted molar refractivity (Wildman–Crippen MR) is 161 cm³/mol. The van der Waals surface area contributed by atoms with Gasteiger partial charge in [-0.05, 0) is 0 Å². The van der Waals surface area contributed by atoms with Crippen molar-refractivity contribution in [2.75, 3.05) is 12.0 Å². The van der Waals surface area contributed by atoms with E-state index in [-0.39, 0.29) is 23.8 Å². The molecule has 1 unspecified atom stereocenters. The van der Waals surface area contributed by atoms with Crippen LogP contribution in [-0.4, -0.2) is 41.7 Å². The molecule has 0 spiro atoms. The summed E-state index contributed by atoms with van der Waals surface area (Å²) in [6, 6.07) is 15.8. The Bertz CT molecular complexity index is 1830. The van der Waals surface area contributed by atoms with Gasteiger partial charge in [0.15, 0.2) is 0 Å². The van der Waals surface area contributed by atoms with Crippen molar-refractivity contribution in [3.8, 4) is 0 Å². The van der Waals surface area contributed by atoms with Crippen molar-refractivity contribution in [1.82, 2.24) is 8.43 Å². The van der Waals surface area contributed by atoms with Crippen molar-refractivity contribution in [3.63, 3.8) is 0 Å². The van der Waals surface area contributed by atoms with Crippen LogP contribution in [0.3, 0.4) is 0 Å². The number of nitrogens with zero attached hydrogens (tertiary/aromatic N) is 2. The summed E-state index contributed by atoms with van der Waals surface area (Å²) >= 11 is 1.56. The molecule has 7 nitrogen and oxygen atoms in total. The van der Waals surface area contributed by atoms with Gasteiger partial charge in [0.05, 0.1) is 0 Å². The molecule has 0 bridgehead atoms. The fraction of sp³-hybridized carbons (Fsp3) is 0.207. The Morgan fingerprint density at radius 3 is 1.84 bits per heavy atom. The van der Waals surface area contributed by atoms with E-state index in [9.17, 15) is 14.4 Å². The molecule has 1 atom stereocenters. The molecule has 2 heterocycles. The van der Waals surface area contributed by atoms with Crippen LogP contribution in [0.4, 0.5) is 0 Å². The molecule has 2 aliphatic rings. The first-order valence-electron chi connectivity index (χ1n) is 12.4. The Hall–Kier alpha value is -2.83. The second-order valence-corrected chi connectivity index (χ2v) is 15.6. The number of quaternary nitrogens is 1. The summed E-state index contributed by atoms with van der Waals surface area (Å²) in [7, 11) is 1.94. The average molecular weight is 639 g/mol. The topological polar surface area (TPSA) is 75.7 Å². The molecular formula is C29H25IN3O4S+. The van der Waals surface area contributed by atoms with E-state index in [0.29, 0.717) is 28.6 Å². The second-order valence-electron chi connectivity index (χ2n) is 10.2. The SMILES string of the molecule is CC(C)N(C)I(C)[N+]1(OS)C(=O)c2ccc3c4ccc5c6c(ccc(c7ccc(c2c37)C1=O)c64)C(=O)NC5. The fourth-order valence-electron chi connectivity index (χ4n) is 6.12. The maximum atomic E-state index is 14.2. The van der Waals surface area contributed by atoms with E-state index < -0.39 is 23.2 Å². The molecule has 5 aromatic carbocycles. The van der Waals surface area contributed by atoms with Crippen molar-refractivity contribution in [2.45, 2.75) is 26.4 Å². The maximum absolute atomic E-state index is 14.2. The van der Waals surface area contributed by atoms with Crippen LogP contribution in [0.1, 0.15) is 50.5 Å². The van der Waals surface area contributed by atoms with E-state index >= 15 is 0 Å². The zero-order valence-corrected chi connectivity index (χ0v) is 24.3. The number of carbonyl (C=O) groups is 3. The molecular weight excluding hydrogens is 613 g/mol. The van der Waals surface area contributed by atoms with Crippen LogP contribution >= 0.6 is 33.3 Å². The minimum absolute atomic E-state index is 0.0699. The van der Waals surface area contributed by atoms with Crippen LogP contribution in [0.2, 0.25) is 0 Å². The molecule has 0 radical (unpaired) electrons. The summed E-state index contributed by atoms with van der Waals surface area (Å²) in [5, 5.41) is 10.5. The van der Waals surface area contributed by atoms with Gasteiger partial charge in [-0.3, -0.25) is 0 Å². The first-order valence-corrected chi connectivity index (χ1v) is 16.8. The normalized spacial score (nSPS) is 19.6. The van der Waals surface area contributed by atoms with E-state index in [1.54, 1.807) is 0 Å². The Morgan fingerprint density at radius 1 is 0.816 bits per heavy atom. The zero-order chi connectivity index (χ0) is 26.7. The van der Waals surface area contributed by atoms with Gasteiger partial charge < -0.3 is 0 Å². The Morgan fingerprint density at radius 2 is 1.32 bits per heavy atom. The van der Waals surface area contributed by atoms with E-state index in [0.717, 1.165) is 43.3 Å². The molecule has 1 N–H and O–H groups in total. The van der Waals surface area contributed by atoms with E-state index in [1.807, 2.05) is 62.2 Å².